The fraction of sp³-hybridized carbons (Fsp3) is 0.294. The van der Waals surface area contributed by atoms with Gasteiger partial charge in [0.25, 0.3) is 0 Å². The van der Waals surface area contributed by atoms with Gasteiger partial charge in [0.15, 0.2) is 0 Å². The number of rotatable bonds is 4. The first-order chi connectivity index (χ1) is 8.92. The second-order valence-corrected chi connectivity index (χ2v) is 5.14. The molecule has 1 saturated carbocycles. The molecule has 92 valence electrons. The van der Waals surface area contributed by atoms with Crippen molar-refractivity contribution < 1.29 is 0 Å². The molecular weight excluding hydrogens is 218 g/mol. The van der Waals surface area contributed by atoms with Gasteiger partial charge in [0.1, 0.15) is 0 Å². The number of hydrogen-bond donors (Lipinski definition) is 1. The molecule has 0 atom stereocenters. The zero-order valence-electron chi connectivity index (χ0n) is 10.5. The van der Waals surface area contributed by atoms with Crippen LogP contribution < -0.4 is 5.32 Å². The van der Waals surface area contributed by atoms with Crippen LogP contribution in [0.5, 0.6) is 0 Å². The molecule has 18 heavy (non-hydrogen) atoms. The molecule has 0 saturated heterocycles. The first kappa shape index (κ1) is 11.5. The van der Waals surface area contributed by atoms with Crippen LogP contribution in [0.3, 0.4) is 0 Å². The lowest BCUT2D eigenvalue weighted by molar-refractivity contribution is 0.289. The van der Waals surface area contributed by atoms with Crippen LogP contribution in [-0.2, 0) is 6.54 Å². The molecule has 0 bridgehead atoms. The van der Waals surface area contributed by atoms with Crippen molar-refractivity contribution in [3.63, 3.8) is 0 Å². The summed E-state index contributed by atoms with van der Waals surface area (Å²) in [4.78, 5) is 0. The van der Waals surface area contributed by atoms with E-state index < -0.39 is 0 Å². The molecule has 0 aromatic heterocycles. The maximum atomic E-state index is 3.64. The van der Waals surface area contributed by atoms with Gasteiger partial charge in [-0.25, -0.2) is 0 Å². The molecule has 1 heteroatoms. The van der Waals surface area contributed by atoms with Gasteiger partial charge in [-0.3, -0.25) is 0 Å². The standard InChI is InChI=1S/C17H19N/c1-3-7-14(8-4-1)13-18-17-11-16(12-17)15-9-5-2-6-10-15/h1-10,16-18H,11-13H2. The number of benzene rings is 2. The Balaban J connectivity index is 1.46. The first-order valence-corrected chi connectivity index (χ1v) is 6.74. The molecule has 1 nitrogen and oxygen atoms in total. The van der Waals surface area contributed by atoms with Crippen LogP contribution in [0.2, 0.25) is 0 Å². The van der Waals surface area contributed by atoms with E-state index in [-0.39, 0.29) is 0 Å². The lowest BCUT2D eigenvalue weighted by Crippen LogP contribution is -2.39. The highest BCUT2D eigenvalue weighted by molar-refractivity contribution is 5.23. The molecule has 1 N–H and O–H groups in total. The van der Waals surface area contributed by atoms with Crippen LogP contribution in [0.15, 0.2) is 60.7 Å². The molecule has 0 unspecified atom stereocenters. The van der Waals surface area contributed by atoms with Crippen molar-refractivity contribution in [2.24, 2.45) is 0 Å². The van der Waals surface area contributed by atoms with Crippen molar-refractivity contribution in [1.29, 1.82) is 0 Å². The average Bonchev–Trinajstić information content (AvgIpc) is 2.39. The van der Waals surface area contributed by atoms with E-state index >= 15 is 0 Å². The van der Waals surface area contributed by atoms with Gasteiger partial charge in [-0.1, -0.05) is 60.7 Å². The van der Waals surface area contributed by atoms with Gasteiger partial charge in [0.05, 0.1) is 0 Å². The molecule has 0 amide bonds. The topological polar surface area (TPSA) is 12.0 Å². The van der Waals surface area contributed by atoms with Crippen molar-refractivity contribution in [2.45, 2.75) is 31.3 Å². The van der Waals surface area contributed by atoms with Crippen molar-refractivity contribution in [3.05, 3.63) is 71.8 Å². The number of nitrogens with one attached hydrogen (secondary N) is 1. The number of hydrogen-bond acceptors (Lipinski definition) is 1. The van der Waals surface area contributed by atoms with E-state index in [1.54, 1.807) is 0 Å². The summed E-state index contributed by atoms with van der Waals surface area (Å²) >= 11 is 0. The maximum Gasteiger partial charge on any atom is 0.0208 e. The minimum absolute atomic E-state index is 0.690. The largest absolute Gasteiger partial charge is 0.310 e. The molecule has 0 spiro atoms. The summed E-state index contributed by atoms with van der Waals surface area (Å²) in [7, 11) is 0. The maximum absolute atomic E-state index is 3.64. The summed E-state index contributed by atoms with van der Waals surface area (Å²) in [6.07, 6.45) is 2.55. The SMILES string of the molecule is c1ccc(CNC2CC(c3ccccc3)C2)cc1. The highest BCUT2D eigenvalue weighted by Gasteiger charge is 2.29. The summed E-state index contributed by atoms with van der Waals surface area (Å²) in [5, 5.41) is 3.64. The second kappa shape index (κ2) is 5.36. The minimum Gasteiger partial charge on any atom is -0.310 e. The van der Waals surface area contributed by atoms with Crippen molar-refractivity contribution in [3.8, 4) is 0 Å². The first-order valence-electron chi connectivity index (χ1n) is 6.74. The Kier molecular flexibility index (Phi) is 3.42. The molecule has 2 aromatic rings. The molecule has 0 aliphatic heterocycles. The van der Waals surface area contributed by atoms with Gasteiger partial charge in [0, 0.05) is 12.6 Å². The molecule has 3 rings (SSSR count). The molecule has 0 heterocycles. The van der Waals surface area contributed by atoms with Crippen molar-refractivity contribution in [1.82, 2.24) is 5.32 Å². The summed E-state index contributed by atoms with van der Waals surface area (Å²) in [5.41, 5.74) is 2.87. The third-order valence-corrected chi connectivity index (χ3v) is 3.85. The van der Waals surface area contributed by atoms with E-state index in [1.165, 1.54) is 24.0 Å². The Morgan fingerprint density at radius 3 is 2.11 bits per heavy atom. The summed E-state index contributed by atoms with van der Waals surface area (Å²) in [5.74, 6) is 0.763. The Bertz CT molecular complexity index is 469. The van der Waals surface area contributed by atoms with Crippen LogP contribution in [0.1, 0.15) is 29.9 Å². The monoisotopic (exact) mass is 237 g/mol. The van der Waals surface area contributed by atoms with E-state index in [0.29, 0.717) is 6.04 Å². The third-order valence-electron chi connectivity index (χ3n) is 3.85. The predicted molar refractivity (Wildman–Crippen MR) is 75.5 cm³/mol. The second-order valence-electron chi connectivity index (χ2n) is 5.14. The lowest BCUT2D eigenvalue weighted by Gasteiger charge is -2.36. The zero-order valence-corrected chi connectivity index (χ0v) is 10.5. The van der Waals surface area contributed by atoms with E-state index in [1.807, 2.05) is 0 Å². The van der Waals surface area contributed by atoms with Gasteiger partial charge < -0.3 is 5.32 Å². The van der Waals surface area contributed by atoms with Gasteiger partial charge in [0.2, 0.25) is 0 Å². The smallest absolute Gasteiger partial charge is 0.0208 e. The van der Waals surface area contributed by atoms with Crippen molar-refractivity contribution in [2.75, 3.05) is 0 Å². The molecule has 1 aliphatic rings. The molecular formula is C17H19N. The summed E-state index contributed by atoms with van der Waals surface area (Å²) in [6.45, 7) is 0.993. The van der Waals surface area contributed by atoms with Gasteiger partial charge in [-0.2, -0.15) is 0 Å². The van der Waals surface area contributed by atoms with E-state index in [9.17, 15) is 0 Å². The predicted octanol–water partition coefficient (Wildman–Crippen LogP) is 3.72. The van der Waals surface area contributed by atoms with E-state index in [4.69, 9.17) is 0 Å². The highest BCUT2D eigenvalue weighted by atomic mass is 14.9. The van der Waals surface area contributed by atoms with Gasteiger partial charge >= 0.3 is 0 Å². The Morgan fingerprint density at radius 2 is 1.44 bits per heavy atom. The van der Waals surface area contributed by atoms with E-state index in [2.05, 4.69) is 66.0 Å². The third kappa shape index (κ3) is 2.62. The Labute approximate surface area is 109 Å². The average molecular weight is 237 g/mol. The van der Waals surface area contributed by atoms with Gasteiger partial charge in [-0.15, -0.1) is 0 Å². The van der Waals surface area contributed by atoms with Crippen LogP contribution in [0.4, 0.5) is 0 Å². The fourth-order valence-corrected chi connectivity index (χ4v) is 2.64. The molecule has 1 aliphatic carbocycles. The zero-order chi connectivity index (χ0) is 12.2. The molecule has 1 fully saturated rings. The van der Waals surface area contributed by atoms with Crippen molar-refractivity contribution >= 4 is 0 Å². The quantitative estimate of drug-likeness (QED) is 0.854. The van der Waals surface area contributed by atoms with Crippen LogP contribution in [-0.4, -0.2) is 6.04 Å². The molecule has 0 radical (unpaired) electrons. The van der Waals surface area contributed by atoms with E-state index in [0.717, 1.165) is 12.5 Å². The minimum atomic E-state index is 0.690. The Hall–Kier alpha value is -1.60. The normalized spacial score (nSPS) is 22.4. The fourth-order valence-electron chi connectivity index (χ4n) is 2.64. The highest BCUT2D eigenvalue weighted by Crippen LogP contribution is 2.36. The summed E-state index contributed by atoms with van der Waals surface area (Å²) in [6, 6.07) is 22.2. The summed E-state index contributed by atoms with van der Waals surface area (Å²) < 4.78 is 0. The molecule has 2 aromatic carbocycles. The van der Waals surface area contributed by atoms with Crippen LogP contribution in [0, 0.1) is 0 Å². The van der Waals surface area contributed by atoms with Crippen LogP contribution >= 0.6 is 0 Å². The lowest BCUT2D eigenvalue weighted by atomic mass is 9.76. The van der Waals surface area contributed by atoms with Crippen LogP contribution in [0.25, 0.3) is 0 Å². The van der Waals surface area contributed by atoms with Gasteiger partial charge in [-0.05, 0) is 29.9 Å². The Morgan fingerprint density at radius 1 is 0.833 bits per heavy atom.